The van der Waals surface area contributed by atoms with Gasteiger partial charge in [0.25, 0.3) is 0 Å². The average molecular weight is 204 g/mol. The Hall–Kier alpha value is -1.63. The minimum absolute atomic E-state index is 0.168. The number of carbonyl (C=O) groups excluding carboxylic acids is 2. The van der Waals surface area contributed by atoms with E-state index in [1.54, 1.807) is 6.92 Å². The third kappa shape index (κ3) is 7.04. The Morgan fingerprint density at radius 3 is 2.43 bits per heavy atom. The lowest BCUT2D eigenvalue weighted by Gasteiger charge is -2.03. The summed E-state index contributed by atoms with van der Waals surface area (Å²) in [6.07, 6.45) is -0.838. The van der Waals surface area contributed by atoms with Crippen molar-refractivity contribution in [3.63, 3.8) is 0 Å². The SMILES string of the molecule is CCOC(=O)NC(=O)CNCC(=O)O. The molecular weight excluding hydrogens is 192 g/mol. The first kappa shape index (κ1) is 12.4. The van der Waals surface area contributed by atoms with Crippen molar-refractivity contribution in [2.45, 2.75) is 6.92 Å². The zero-order chi connectivity index (χ0) is 11.0. The highest BCUT2D eigenvalue weighted by Crippen LogP contribution is 1.75. The average Bonchev–Trinajstić information content (AvgIpc) is 2.03. The second-order valence-corrected chi connectivity index (χ2v) is 2.27. The molecule has 0 radical (unpaired) electrons. The number of rotatable bonds is 5. The number of carboxylic acids is 1. The van der Waals surface area contributed by atoms with E-state index in [1.165, 1.54) is 0 Å². The Labute approximate surface area is 80.4 Å². The van der Waals surface area contributed by atoms with Gasteiger partial charge in [-0.25, -0.2) is 4.79 Å². The zero-order valence-electron chi connectivity index (χ0n) is 7.70. The molecular formula is C7H12N2O5. The van der Waals surface area contributed by atoms with E-state index in [9.17, 15) is 14.4 Å². The molecule has 0 aliphatic rings. The fraction of sp³-hybridized carbons (Fsp3) is 0.571. The lowest BCUT2D eigenvalue weighted by Crippen LogP contribution is -2.39. The van der Waals surface area contributed by atoms with Gasteiger partial charge in [-0.15, -0.1) is 0 Å². The maximum Gasteiger partial charge on any atom is 0.413 e. The Bertz CT molecular complexity index is 228. The molecule has 0 spiro atoms. The van der Waals surface area contributed by atoms with Crippen molar-refractivity contribution in [1.29, 1.82) is 0 Å². The molecule has 0 aliphatic heterocycles. The third-order valence-electron chi connectivity index (χ3n) is 1.08. The van der Waals surface area contributed by atoms with Crippen LogP contribution in [0, 0.1) is 0 Å². The first-order valence-corrected chi connectivity index (χ1v) is 3.95. The van der Waals surface area contributed by atoms with E-state index < -0.39 is 18.0 Å². The Morgan fingerprint density at radius 2 is 1.93 bits per heavy atom. The van der Waals surface area contributed by atoms with Crippen LogP contribution >= 0.6 is 0 Å². The monoisotopic (exact) mass is 204 g/mol. The van der Waals surface area contributed by atoms with Gasteiger partial charge in [-0.2, -0.15) is 0 Å². The maximum absolute atomic E-state index is 10.8. The second kappa shape index (κ2) is 6.84. The highest BCUT2D eigenvalue weighted by molar-refractivity contribution is 5.92. The van der Waals surface area contributed by atoms with E-state index in [0.29, 0.717) is 0 Å². The summed E-state index contributed by atoms with van der Waals surface area (Å²) in [5.74, 6) is -1.71. The topological polar surface area (TPSA) is 105 Å². The van der Waals surface area contributed by atoms with Gasteiger partial charge in [-0.05, 0) is 6.92 Å². The predicted molar refractivity (Wildman–Crippen MR) is 45.7 cm³/mol. The van der Waals surface area contributed by atoms with Gasteiger partial charge in [-0.3, -0.25) is 20.2 Å². The molecule has 80 valence electrons. The minimum atomic E-state index is -1.08. The van der Waals surface area contributed by atoms with Crippen LogP contribution in [0.2, 0.25) is 0 Å². The van der Waals surface area contributed by atoms with Crippen molar-refractivity contribution >= 4 is 18.0 Å². The molecule has 0 atom stereocenters. The van der Waals surface area contributed by atoms with Crippen LogP contribution in [0.15, 0.2) is 0 Å². The number of imide groups is 1. The molecule has 14 heavy (non-hydrogen) atoms. The van der Waals surface area contributed by atoms with E-state index in [2.05, 4.69) is 10.1 Å². The fourth-order valence-corrected chi connectivity index (χ4v) is 0.608. The third-order valence-corrected chi connectivity index (χ3v) is 1.08. The standard InChI is InChI=1S/C7H12N2O5/c1-2-14-7(13)9-5(10)3-8-4-6(11)12/h8H,2-4H2,1H3,(H,11,12)(H,9,10,13). The Morgan fingerprint density at radius 1 is 1.29 bits per heavy atom. The molecule has 7 heteroatoms. The molecule has 0 rings (SSSR count). The van der Waals surface area contributed by atoms with E-state index >= 15 is 0 Å². The van der Waals surface area contributed by atoms with Gasteiger partial charge in [0.2, 0.25) is 5.91 Å². The van der Waals surface area contributed by atoms with Crippen LogP contribution in [-0.2, 0) is 14.3 Å². The molecule has 0 saturated heterocycles. The largest absolute Gasteiger partial charge is 0.480 e. The van der Waals surface area contributed by atoms with Crippen LogP contribution in [0.5, 0.6) is 0 Å². The molecule has 0 aromatic heterocycles. The number of hydrogen-bond acceptors (Lipinski definition) is 5. The van der Waals surface area contributed by atoms with Gasteiger partial charge >= 0.3 is 12.1 Å². The number of carbonyl (C=O) groups is 3. The van der Waals surface area contributed by atoms with Crippen molar-refractivity contribution < 1.29 is 24.2 Å². The second-order valence-electron chi connectivity index (χ2n) is 2.27. The number of hydrogen-bond donors (Lipinski definition) is 3. The van der Waals surface area contributed by atoms with Crippen LogP contribution < -0.4 is 10.6 Å². The summed E-state index contributed by atoms with van der Waals surface area (Å²) in [6, 6.07) is 0. The first-order chi connectivity index (χ1) is 6.56. The van der Waals surface area contributed by atoms with Gasteiger partial charge in [0.1, 0.15) is 0 Å². The van der Waals surface area contributed by atoms with Gasteiger partial charge < -0.3 is 9.84 Å². The highest BCUT2D eigenvalue weighted by atomic mass is 16.5. The summed E-state index contributed by atoms with van der Waals surface area (Å²) >= 11 is 0. The van der Waals surface area contributed by atoms with Gasteiger partial charge in [0, 0.05) is 0 Å². The summed E-state index contributed by atoms with van der Waals surface area (Å²) in [7, 11) is 0. The molecule has 0 unspecified atom stereocenters. The lowest BCUT2D eigenvalue weighted by molar-refractivity contribution is -0.135. The van der Waals surface area contributed by atoms with Crippen molar-refractivity contribution in [3.8, 4) is 0 Å². The number of alkyl carbamates (subject to hydrolysis) is 1. The van der Waals surface area contributed by atoms with E-state index in [1.807, 2.05) is 5.32 Å². The molecule has 3 N–H and O–H groups in total. The minimum Gasteiger partial charge on any atom is -0.480 e. The summed E-state index contributed by atoms with van der Waals surface area (Å²) in [5, 5.41) is 12.4. The van der Waals surface area contributed by atoms with Crippen LogP contribution in [0.1, 0.15) is 6.92 Å². The number of aliphatic carboxylic acids is 1. The van der Waals surface area contributed by atoms with Crippen LogP contribution in [0.25, 0.3) is 0 Å². The van der Waals surface area contributed by atoms with Crippen LogP contribution in [-0.4, -0.2) is 42.8 Å². The predicted octanol–water partition coefficient (Wildman–Crippen LogP) is -1.07. The highest BCUT2D eigenvalue weighted by Gasteiger charge is 2.07. The molecule has 0 heterocycles. The van der Waals surface area contributed by atoms with Gasteiger partial charge in [0.05, 0.1) is 19.7 Å². The maximum atomic E-state index is 10.8. The van der Waals surface area contributed by atoms with Crippen molar-refractivity contribution in [2.75, 3.05) is 19.7 Å². The molecule has 2 amide bonds. The molecule has 0 saturated carbocycles. The molecule has 0 aromatic rings. The van der Waals surface area contributed by atoms with Crippen LogP contribution in [0.3, 0.4) is 0 Å². The Balaban J connectivity index is 3.55. The zero-order valence-corrected chi connectivity index (χ0v) is 7.70. The number of amides is 2. The fourth-order valence-electron chi connectivity index (χ4n) is 0.608. The number of carboxylic acid groups (broad SMARTS) is 1. The van der Waals surface area contributed by atoms with Crippen LogP contribution in [0.4, 0.5) is 4.79 Å². The smallest absolute Gasteiger partial charge is 0.413 e. The van der Waals surface area contributed by atoms with E-state index in [-0.39, 0.29) is 19.7 Å². The molecule has 0 fully saturated rings. The van der Waals surface area contributed by atoms with Crippen molar-refractivity contribution in [2.24, 2.45) is 0 Å². The van der Waals surface area contributed by atoms with Gasteiger partial charge in [0.15, 0.2) is 0 Å². The molecule has 7 nitrogen and oxygen atoms in total. The lowest BCUT2D eigenvalue weighted by atomic mass is 10.5. The number of nitrogens with one attached hydrogen (secondary N) is 2. The number of ether oxygens (including phenoxy) is 1. The molecule has 0 aliphatic carbocycles. The summed E-state index contributed by atoms with van der Waals surface area (Å²) < 4.78 is 4.42. The van der Waals surface area contributed by atoms with E-state index in [4.69, 9.17) is 5.11 Å². The molecule has 0 aromatic carbocycles. The summed E-state index contributed by atoms with van der Waals surface area (Å²) in [4.78, 5) is 31.5. The quantitative estimate of drug-likeness (QED) is 0.527. The van der Waals surface area contributed by atoms with Crippen molar-refractivity contribution in [1.82, 2.24) is 10.6 Å². The first-order valence-electron chi connectivity index (χ1n) is 3.95. The van der Waals surface area contributed by atoms with Gasteiger partial charge in [-0.1, -0.05) is 0 Å². The molecule has 0 bridgehead atoms. The van der Waals surface area contributed by atoms with E-state index in [0.717, 1.165) is 0 Å². The normalized spacial score (nSPS) is 9.21. The Kier molecular flexibility index (Phi) is 6.04. The summed E-state index contributed by atoms with van der Waals surface area (Å²) in [6.45, 7) is 1.19. The summed E-state index contributed by atoms with van der Waals surface area (Å²) in [5.41, 5.74) is 0. The van der Waals surface area contributed by atoms with Crippen molar-refractivity contribution in [3.05, 3.63) is 0 Å².